The Labute approximate surface area is 215 Å². The fraction of sp³-hybridized carbons (Fsp3) is 0.407. The number of hydrogen-bond donors (Lipinski definition) is 1. The molecule has 10 nitrogen and oxygen atoms in total. The molecule has 3 heterocycles. The summed E-state index contributed by atoms with van der Waals surface area (Å²) in [5, 5.41) is 13.4. The number of hydrogen-bond acceptors (Lipinski definition) is 8. The van der Waals surface area contributed by atoms with E-state index < -0.39 is 0 Å². The van der Waals surface area contributed by atoms with E-state index >= 15 is 0 Å². The molecule has 1 atom stereocenters. The molecule has 0 radical (unpaired) electrons. The van der Waals surface area contributed by atoms with Gasteiger partial charge in [0.05, 0.1) is 24.7 Å². The number of tetrazole rings is 1. The molecule has 5 rings (SSSR count). The number of aryl methyl sites for hydroxylation is 1. The van der Waals surface area contributed by atoms with Crippen LogP contribution in [0.5, 0.6) is 11.5 Å². The summed E-state index contributed by atoms with van der Waals surface area (Å²) in [6, 6.07) is 14.0. The first-order valence-corrected chi connectivity index (χ1v) is 12.6. The molecule has 37 heavy (non-hydrogen) atoms. The van der Waals surface area contributed by atoms with Gasteiger partial charge in [0.2, 0.25) is 0 Å². The summed E-state index contributed by atoms with van der Waals surface area (Å²) >= 11 is 0. The average molecular weight is 505 g/mol. The predicted molar refractivity (Wildman–Crippen MR) is 139 cm³/mol. The number of nitrogens with zero attached hydrogens (tertiary/aromatic N) is 5. The first kappa shape index (κ1) is 24.9. The summed E-state index contributed by atoms with van der Waals surface area (Å²) in [6.45, 7) is 7.30. The summed E-state index contributed by atoms with van der Waals surface area (Å²) in [5.41, 5.74) is 3.60. The van der Waals surface area contributed by atoms with Crippen LogP contribution in [-0.4, -0.2) is 57.0 Å². The maximum Gasteiger partial charge on any atom is 0.252 e. The van der Waals surface area contributed by atoms with Crippen LogP contribution in [0.15, 0.2) is 47.3 Å². The van der Waals surface area contributed by atoms with Crippen molar-refractivity contribution in [3.05, 3.63) is 75.3 Å². The Morgan fingerprint density at radius 1 is 1.11 bits per heavy atom. The molecular weight excluding hydrogens is 472 g/mol. The summed E-state index contributed by atoms with van der Waals surface area (Å²) < 4.78 is 18.5. The van der Waals surface area contributed by atoms with E-state index in [0.29, 0.717) is 56.5 Å². The highest BCUT2D eigenvalue weighted by Gasteiger charge is 2.26. The Hall–Kier alpha value is -3.76. The third-order valence-corrected chi connectivity index (χ3v) is 6.66. The van der Waals surface area contributed by atoms with Gasteiger partial charge in [-0.25, -0.2) is 4.68 Å². The van der Waals surface area contributed by atoms with E-state index in [1.807, 2.05) is 18.2 Å². The number of methoxy groups -OCH3 is 1. The van der Waals surface area contributed by atoms with E-state index in [2.05, 4.69) is 63.5 Å². The summed E-state index contributed by atoms with van der Waals surface area (Å²) in [7, 11) is 1.66. The molecule has 0 aliphatic carbocycles. The zero-order chi connectivity index (χ0) is 25.8. The van der Waals surface area contributed by atoms with Crippen LogP contribution < -0.4 is 15.0 Å². The van der Waals surface area contributed by atoms with Crippen LogP contribution in [0.4, 0.5) is 0 Å². The highest BCUT2D eigenvalue weighted by atomic mass is 16.6. The van der Waals surface area contributed by atoms with E-state index in [1.54, 1.807) is 11.8 Å². The number of benzene rings is 2. The van der Waals surface area contributed by atoms with Gasteiger partial charge in [0, 0.05) is 37.2 Å². The Morgan fingerprint density at radius 2 is 1.86 bits per heavy atom. The Bertz CT molecular complexity index is 1410. The molecule has 1 N–H and O–H groups in total. The first-order chi connectivity index (χ1) is 18.1. The van der Waals surface area contributed by atoms with E-state index in [9.17, 15) is 4.79 Å². The standard InChI is InChI=1S/C27H32N6O4/c1-4-23(26-29-30-31-33(26)9-10-35-3)32(16-19-7-5-18(2)6-8-19)17-21-13-20-14-24-25(37-12-11-36-24)15-22(20)28-27(21)34/h5-8,13-15,23H,4,9-12,16-17H2,1-3H3,(H,28,34). The molecule has 194 valence electrons. The molecule has 1 unspecified atom stereocenters. The van der Waals surface area contributed by atoms with Crippen LogP contribution >= 0.6 is 0 Å². The first-order valence-electron chi connectivity index (χ1n) is 12.6. The second kappa shape index (κ2) is 11.1. The van der Waals surface area contributed by atoms with Gasteiger partial charge in [0.15, 0.2) is 17.3 Å². The zero-order valence-corrected chi connectivity index (χ0v) is 21.4. The highest BCUT2D eigenvalue weighted by molar-refractivity contribution is 5.83. The average Bonchev–Trinajstić information content (AvgIpc) is 3.36. The smallest absolute Gasteiger partial charge is 0.252 e. The van der Waals surface area contributed by atoms with Crippen LogP contribution in [0.1, 0.15) is 41.9 Å². The van der Waals surface area contributed by atoms with Gasteiger partial charge in [-0.1, -0.05) is 36.8 Å². The van der Waals surface area contributed by atoms with Crippen LogP contribution in [0.2, 0.25) is 0 Å². The lowest BCUT2D eigenvalue weighted by Gasteiger charge is -2.30. The van der Waals surface area contributed by atoms with Crippen LogP contribution in [0.25, 0.3) is 10.9 Å². The normalized spacial score (nSPS) is 13.8. The molecule has 1 aliphatic heterocycles. The molecule has 0 spiro atoms. The Balaban J connectivity index is 1.52. The van der Waals surface area contributed by atoms with Crippen molar-refractivity contribution in [2.24, 2.45) is 0 Å². The Morgan fingerprint density at radius 3 is 2.59 bits per heavy atom. The number of rotatable bonds is 10. The quantitative estimate of drug-likeness (QED) is 0.350. The fourth-order valence-electron chi connectivity index (χ4n) is 4.72. The van der Waals surface area contributed by atoms with E-state index in [1.165, 1.54) is 5.56 Å². The van der Waals surface area contributed by atoms with Crippen LogP contribution in [-0.2, 0) is 24.4 Å². The van der Waals surface area contributed by atoms with Gasteiger partial charge >= 0.3 is 0 Å². The molecule has 4 aromatic rings. The topological polar surface area (TPSA) is 107 Å². The lowest BCUT2D eigenvalue weighted by Crippen LogP contribution is -2.32. The fourth-order valence-corrected chi connectivity index (χ4v) is 4.72. The van der Waals surface area contributed by atoms with Crippen molar-refractivity contribution in [3.8, 4) is 11.5 Å². The van der Waals surface area contributed by atoms with Crippen molar-refractivity contribution in [1.29, 1.82) is 0 Å². The summed E-state index contributed by atoms with van der Waals surface area (Å²) in [4.78, 5) is 18.5. The van der Waals surface area contributed by atoms with Crippen LogP contribution in [0, 0.1) is 6.92 Å². The molecule has 10 heteroatoms. The van der Waals surface area contributed by atoms with Crippen molar-refractivity contribution in [3.63, 3.8) is 0 Å². The van der Waals surface area contributed by atoms with Gasteiger partial charge in [-0.15, -0.1) is 5.10 Å². The second-order valence-corrected chi connectivity index (χ2v) is 9.27. The van der Waals surface area contributed by atoms with Gasteiger partial charge < -0.3 is 19.2 Å². The van der Waals surface area contributed by atoms with Crippen molar-refractivity contribution in [2.45, 2.75) is 45.9 Å². The molecule has 0 fully saturated rings. The number of fused-ring (bicyclic) bond motifs is 2. The van der Waals surface area contributed by atoms with Crippen molar-refractivity contribution < 1.29 is 14.2 Å². The summed E-state index contributed by atoms with van der Waals surface area (Å²) in [6.07, 6.45) is 0.767. The van der Waals surface area contributed by atoms with Crippen molar-refractivity contribution in [2.75, 3.05) is 26.9 Å². The second-order valence-electron chi connectivity index (χ2n) is 9.27. The zero-order valence-electron chi connectivity index (χ0n) is 21.4. The molecule has 2 aromatic heterocycles. The minimum Gasteiger partial charge on any atom is -0.486 e. The SMILES string of the molecule is CCC(c1nnnn1CCOC)N(Cc1ccc(C)cc1)Cc1cc2cc3c(cc2[nH]c1=O)OCCO3. The molecular formula is C27H32N6O4. The number of H-pyrrole nitrogens is 1. The monoisotopic (exact) mass is 504 g/mol. The summed E-state index contributed by atoms with van der Waals surface area (Å²) in [5.74, 6) is 2.10. The number of ether oxygens (including phenoxy) is 3. The van der Waals surface area contributed by atoms with Gasteiger partial charge in [-0.05, 0) is 41.5 Å². The molecule has 2 aromatic carbocycles. The van der Waals surface area contributed by atoms with E-state index in [-0.39, 0.29) is 11.6 Å². The third-order valence-electron chi connectivity index (χ3n) is 6.66. The molecule has 0 amide bonds. The van der Waals surface area contributed by atoms with Crippen molar-refractivity contribution >= 4 is 10.9 Å². The molecule has 0 bridgehead atoms. The predicted octanol–water partition coefficient (Wildman–Crippen LogP) is 3.39. The highest BCUT2D eigenvalue weighted by Crippen LogP contribution is 2.34. The molecule has 0 saturated heterocycles. The van der Waals surface area contributed by atoms with Gasteiger partial charge in [-0.2, -0.15) is 0 Å². The number of pyridine rings is 1. The van der Waals surface area contributed by atoms with E-state index in [0.717, 1.165) is 28.7 Å². The number of aromatic nitrogens is 5. The van der Waals surface area contributed by atoms with Crippen LogP contribution in [0.3, 0.4) is 0 Å². The largest absolute Gasteiger partial charge is 0.486 e. The third kappa shape index (κ3) is 5.50. The lowest BCUT2D eigenvalue weighted by molar-refractivity contribution is 0.151. The molecule has 0 saturated carbocycles. The van der Waals surface area contributed by atoms with E-state index in [4.69, 9.17) is 14.2 Å². The maximum atomic E-state index is 13.2. The number of nitrogens with one attached hydrogen (secondary N) is 1. The Kier molecular flexibility index (Phi) is 7.47. The van der Waals surface area contributed by atoms with Gasteiger partial charge in [-0.3, -0.25) is 9.69 Å². The minimum atomic E-state index is -0.132. The van der Waals surface area contributed by atoms with Gasteiger partial charge in [0.1, 0.15) is 13.2 Å². The molecule has 1 aliphatic rings. The number of aromatic amines is 1. The minimum absolute atomic E-state index is 0.108. The van der Waals surface area contributed by atoms with Gasteiger partial charge in [0.25, 0.3) is 5.56 Å². The lowest BCUT2D eigenvalue weighted by atomic mass is 10.1. The maximum absolute atomic E-state index is 13.2. The van der Waals surface area contributed by atoms with Crippen molar-refractivity contribution in [1.82, 2.24) is 30.1 Å².